The average molecular weight is 369 g/mol. The normalized spacial score (nSPS) is 18.7. The largest absolute Gasteiger partial charge is 0.496 e. The first-order valence-corrected chi connectivity index (χ1v) is 9.29. The minimum absolute atomic E-state index is 0.127. The zero-order valence-corrected chi connectivity index (χ0v) is 16.1. The first-order valence-electron chi connectivity index (χ1n) is 9.29. The van der Waals surface area contributed by atoms with Gasteiger partial charge in [-0.05, 0) is 44.0 Å². The van der Waals surface area contributed by atoms with Gasteiger partial charge in [0.2, 0.25) is 0 Å². The quantitative estimate of drug-likeness (QED) is 0.837. The molecule has 5 nitrogen and oxygen atoms in total. The summed E-state index contributed by atoms with van der Waals surface area (Å²) in [7, 11) is 3.31. The molecule has 1 aliphatic heterocycles. The van der Waals surface area contributed by atoms with Crippen LogP contribution >= 0.6 is 0 Å². The van der Waals surface area contributed by atoms with Crippen LogP contribution in [-0.2, 0) is 4.79 Å². The van der Waals surface area contributed by atoms with E-state index in [2.05, 4.69) is 30.0 Å². The molecule has 2 aromatic rings. The van der Waals surface area contributed by atoms with E-state index in [0.29, 0.717) is 6.54 Å². The number of aliphatic carboxylic acids is 1. The van der Waals surface area contributed by atoms with E-state index >= 15 is 0 Å². The number of piperidine rings is 1. The summed E-state index contributed by atoms with van der Waals surface area (Å²) in [5, 5.41) is 9.55. The zero-order chi connectivity index (χ0) is 19.4. The molecule has 2 unspecified atom stereocenters. The van der Waals surface area contributed by atoms with Crippen molar-refractivity contribution in [3.63, 3.8) is 0 Å². The van der Waals surface area contributed by atoms with Crippen LogP contribution in [0.3, 0.4) is 0 Å². The maximum atomic E-state index is 11.6. The highest BCUT2D eigenvalue weighted by molar-refractivity contribution is 5.70. The maximum Gasteiger partial charge on any atom is 0.307 e. The summed E-state index contributed by atoms with van der Waals surface area (Å²) < 4.78 is 11.3. The summed E-state index contributed by atoms with van der Waals surface area (Å²) >= 11 is 0. The molecule has 0 saturated carbocycles. The van der Waals surface area contributed by atoms with Crippen LogP contribution in [-0.4, -0.2) is 43.3 Å². The topological polar surface area (TPSA) is 59.0 Å². The summed E-state index contributed by atoms with van der Waals surface area (Å²) in [6.45, 7) is 3.41. The first kappa shape index (κ1) is 19.2. The number of ether oxygens (including phenoxy) is 2. The average Bonchev–Trinajstić information content (AvgIpc) is 2.68. The molecule has 0 bridgehead atoms. The molecular formula is C22H27NO4. The number of hydrogen-bond acceptors (Lipinski definition) is 4. The minimum Gasteiger partial charge on any atom is -0.496 e. The third-order valence-corrected chi connectivity index (χ3v) is 5.26. The molecule has 0 aliphatic carbocycles. The second-order valence-electron chi connectivity index (χ2n) is 7.07. The minimum atomic E-state index is -0.727. The number of carbonyl (C=O) groups is 1. The summed E-state index contributed by atoms with van der Waals surface area (Å²) in [5.41, 5.74) is 3.22. The molecule has 0 spiro atoms. The van der Waals surface area contributed by atoms with Crippen LogP contribution in [0.1, 0.15) is 35.6 Å². The Morgan fingerprint density at radius 3 is 2.41 bits per heavy atom. The molecule has 2 atom stereocenters. The van der Waals surface area contributed by atoms with E-state index in [4.69, 9.17) is 9.47 Å². The van der Waals surface area contributed by atoms with Crippen molar-refractivity contribution in [2.45, 2.75) is 25.8 Å². The van der Waals surface area contributed by atoms with Crippen LogP contribution < -0.4 is 9.47 Å². The monoisotopic (exact) mass is 369 g/mol. The van der Waals surface area contributed by atoms with Gasteiger partial charge in [0.05, 0.1) is 31.7 Å². The molecule has 3 rings (SSSR count). The highest BCUT2D eigenvalue weighted by Crippen LogP contribution is 2.42. The fourth-order valence-corrected chi connectivity index (χ4v) is 3.99. The van der Waals surface area contributed by atoms with Crippen LogP contribution in [0.25, 0.3) is 0 Å². The number of carboxylic acids is 1. The van der Waals surface area contributed by atoms with Gasteiger partial charge in [0.15, 0.2) is 0 Å². The predicted molar refractivity (Wildman–Crippen MR) is 105 cm³/mol. The molecule has 144 valence electrons. The van der Waals surface area contributed by atoms with Crippen molar-refractivity contribution < 1.29 is 19.4 Å². The van der Waals surface area contributed by atoms with Gasteiger partial charge >= 0.3 is 5.97 Å². The molecule has 2 aromatic carbocycles. The van der Waals surface area contributed by atoms with Gasteiger partial charge in [-0.15, -0.1) is 0 Å². The molecular weight excluding hydrogens is 342 g/mol. The van der Waals surface area contributed by atoms with Crippen molar-refractivity contribution in [1.82, 2.24) is 4.90 Å². The van der Waals surface area contributed by atoms with E-state index in [9.17, 15) is 9.90 Å². The molecule has 0 amide bonds. The Hall–Kier alpha value is -2.53. The van der Waals surface area contributed by atoms with Gasteiger partial charge in [-0.25, -0.2) is 0 Å². The lowest BCUT2D eigenvalue weighted by molar-refractivity contribution is -0.143. The van der Waals surface area contributed by atoms with E-state index in [1.165, 1.54) is 0 Å². The molecule has 1 heterocycles. The first-order chi connectivity index (χ1) is 13.0. The van der Waals surface area contributed by atoms with Crippen molar-refractivity contribution >= 4 is 5.97 Å². The van der Waals surface area contributed by atoms with Gasteiger partial charge in [0, 0.05) is 6.54 Å². The number of carboxylic acid groups (broad SMARTS) is 1. The predicted octanol–water partition coefficient (Wildman–Crippen LogP) is 3.90. The van der Waals surface area contributed by atoms with E-state index in [-0.39, 0.29) is 12.0 Å². The van der Waals surface area contributed by atoms with Crippen LogP contribution in [0.5, 0.6) is 11.5 Å². The molecule has 27 heavy (non-hydrogen) atoms. The molecule has 1 saturated heterocycles. The fourth-order valence-electron chi connectivity index (χ4n) is 3.99. The van der Waals surface area contributed by atoms with Crippen molar-refractivity contribution in [2.24, 2.45) is 5.92 Å². The van der Waals surface area contributed by atoms with Crippen LogP contribution in [0.15, 0.2) is 42.5 Å². The molecule has 0 aromatic heterocycles. The number of likely N-dealkylation sites (tertiary alicyclic amines) is 1. The SMILES string of the molecule is COc1cccc(OC)c1C(c1cccc(C)c1)N1CCCC(C(=O)O)C1. The molecule has 1 fully saturated rings. The Balaban J connectivity index is 2.13. The second kappa shape index (κ2) is 8.44. The molecule has 0 radical (unpaired) electrons. The van der Waals surface area contributed by atoms with Gasteiger partial charge in [0.25, 0.3) is 0 Å². The zero-order valence-electron chi connectivity index (χ0n) is 16.1. The highest BCUT2D eigenvalue weighted by atomic mass is 16.5. The lowest BCUT2D eigenvalue weighted by Gasteiger charge is -2.38. The van der Waals surface area contributed by atoms with E-state index < -0.39 is 5.97 Å². The smallest absolute Gasteiger partial charge is 0.307 e. The van der Waals surface area contributed by atoms with Crippen LogP contribution in [0.2, 0.25) is 0 Å². The number of aryl methyl sites for hydroxylation is 1. The number of hydrogen-bond donors (Lipinski definition) is 1. The highest BCUT2D eigenvalue weighted by Gasteiger charge is 2.34. The fraction of sp³-hybridized carbons (Fsp3) is 0.409. The lowest BCUT2D eigenvalue weighted by Crippen LogP contribution is -2.41. The number of methoxy groups -OCH3 is 2. The van der Waals surface area contributed by atoms with E-state index in [1.54, 1.807) is 14.2 Å². The molecule has 5 heteroatoms. The van der Waals surface area contributed by atoms with Crippen molar-refractivity contribution in [3.05, 3.63) is 59.2 Å². The Labute approximate surface area is 160 Å². The number of rotatable bonds is 6. The molecule has 1 aliphatic rings. The van der Waals surface area contributed by atoms with Gasteiger partial charge in [-0.3, -0.25) is 9.69 Å². The second-order valence-corrected chi connectivity index (χ2v) is 7.07. The van der Waals surface area contributed by atoms with Gasteiger partial charge in [-0.1, -0.05) is 35.9 Å². The third-order valence-electron chi connectivity index (χ3n) is 5.26. The summed E-state index contributed by atoms with van der Waals surface area (Å²) in [6, 6.07) is 14.0. The third kappa shape index (κ3) is 4.08. The Kier molecular flexibility index (Phi) is 6.01. The lowest BCUT2D eigenvalue weighted by atomic mass is 9.90. The van der Waals surface area contributed by atoms with Gasteiger partial charge < -0.3 is 14.6 Å². The van der Waals surface area contributed by atoms with Crippen molar-refractivity contribution in [3.8, 4) is 11.5 Å². The van der Waals surface area contributed by atoms with Crippen LogP contribution in [0, 0.1) is 12.8 Å². The van der Waals surface area contributed by atoms with Crippen molar-refractivity contribution in [2.75, 3.05) is 27.3 Å². The van der Waals surface area contributed by atoms with Crippen LogP contribution in [0.4, 0.5) is 0 Å². The number of benzene rings is 2. The summed E-state index contributed by atoms with van der Waals surface area (Å²) in [5.74, 6) is 0.415. The Morgan fingerprint density at radius 1 is 1.15 bits per heavy atom. The van der Waals surface area contributed by atoms with Crippen molar-refractivity contribution in [1.29, 1.82) is 0 Å². The Morgan fingerprint density at radius 2 is 1.81 bits per heavy atom. The van der Waals surface area contributed by atoms with E-state index in [1.807, 2.05) is 24.3 Å². The summed E-state index contributed by atoms with van der Waals surface area (Å²) in [6.07, 6.45) is 1.58. The van der Waals surface area contributed by atoms with Gasteiger partial charge in [-0.2, -0.15) is 0 Å². The van der Waals surface area contributed by atoms with E-state index in [0.717, 1.165) is 47.6 Å². The number of nitrogens with zero attached hydrogens (tertiary/aromatic N) is 1. The maximum absolute atomic E-state index is 11.6. The van der Waals surface area contributed by atoms with Gasteiger partial charge in [0.1, 0.15) is 11.5 Å². The summed E-state index contributed by atoms with van der Waals surface area (Å²) in [4.78, 5) is 13.9. The standard InChI is InChI=1S/C22H27NO4/c1-15-7-4-8-16(13-15)21(23-12-6-9-17(14-23)22(24)25)20-18(26-2)10-5-11-19(20)27-3/h4-5,7-8,10-11,13,17,21H,6,9,12,14H2,1-3H3,(H,24,25). The Bertz CT molecular complexity index is 782. The molecule has 1 N–H and O–H groups in total.